The lowest BCUT2D eigenvalue weighted by atomic mass is 10.1. The molecule has 3 nitrogen and oxygen atoms in total. The van der Waals surface area contributed by atoms with E-state index in [0.717, 1.165) is 4.43 Å². The number of phenolic OH excluding ortho intramolecular Hbond substituents is 1. The Bertz CT molecular complexity index is 440. The fourth-order valence-electron chi connectivity index (χ4n) is 1.12. The van der Waals surface area contributed by atoms with E-state index in [-0.39, 0.29) is 0 Å². The van der Waals surface area contributed by atoms with Crippen molar-refractivity contribution >= 4 is 28.5 Å². The zero-order valence-electron chi connectivity index (χ0n) is 8.57. The molecule has 0 bridgehead atoms. The van der Waals surface area contributed by atoms with Crippen LogP contribution in [0.5, 0.6) is 5.75 Å². The third-order valence-corrected chi connectivity index (χ3v) is 2.74. The number of amides is 1. The molecule has 2 N–H and O–H groups in total. The van der Waals surface area contributed by atoms with Gasteiger partial charge >= 0.3 is 0 Å². The van der Waals surface area contributed by atoms with Gasteiger partial charge < -0.3 is 10.4 Å². The highest BCUT2D eigenvalue weighted by molar-refractivity contribution is 14.1. The first-order valence-electron chi connectivity index (χ1n) is 4.69. The minimum atomic E-state index is -1.70. The molecule has 1 amide bonds. The number of rotatable bonds is 4. The molecular formula is C10H9F3INO2. The molecule has 1 aromatic rings. The normalized spacial score (nSPS) is 10.4. The first kappa shape index (κ1) is 14.1. The summed E-state index contributed by atoms with van der Waals surface area (Å²) >= 11 is 2.10. The number of alkyl halides is 1. The lowest BCUT2D eigenvalue weighted by molar-refractivity contribution is 0.0948. The summed E-state index contributed by atoms with van der Waals surface area (Å²) < 4.78 is 39.7. The first-order valence-corrected chi connectivity index (χ1v) is 6.22. The molecule has 0 radical (unpaired) electrons. The molecule has 0 saturated carbocycles. The third-order valence-electron chi connectivity index (χ3n) is 1.97. The summed E-state index contributed by atoms with van der Waals surface area (Å²) in [5, 5.41) is 11.2. The second-order valence-corrected chi connectivity index (χ2v) is 4.26. The van der Waals surface area contributed by atoms with E-state index in [0.29, 0.717) is 19.0 Å². The summed E-state index contributed by atoms with van der Waals surface area (Å²) in [6, 6.07) is 0.420. The molecule has 0 aliphatic rings. The van der Waals surface area contributed by atoms with Crippen molar-refractivity contribution in [3.8, 4) is 5.75 Å². The van der Waals surface area contributed by atoms with Crippen LogP contribution in [0.1, 0.15) is 16.8 Å². The Balaban J connectivity index is 2.94. The maximum absolute atomic E-state index is 13.3. The molecule has 7 heteroatoms. The molecule has 1 aromatic carbocycles. The number of hydrogen-bond acceptors (Lipinski definition) is 2. The van der Waals surface area contributed by atoms with Crippen molar-refractivity contribution in [2.45, 2.75) is 6.42 Å². The van der Waals surface area contributed by atoms with Crippen LogP contribution >= 0.6 is 22.6 Å². The molecule has 0 saturated heterocycles. The molecule has 94 valence electrons. The molecule has 17 heavy (non-hydrogen) atoms. The quantitative estimate of drug-likeness (QED) is 0.375. The Kier molecular flexibility index (Phi) is 5.03. The van der Waals surface area contributed by atoms with Crippen molar-refractivity contribution in [3.63, 3.8) is 0 Å². The van der Waals surface area contributed by atoms with Crippen LogP contribution < -0.4 is 5.32 Å². The smallest absolute Gasteiger partial charge is 0.254 e. The highest BCUT2D eigenvalue weighted by atomic mass is 127. The Morgan fingerprint density at radius 1 is 1.35 bits per heavy atom. The minimum absolute atomic E-state index is 0.293. The fourth-order valence-corrected chi connectivity index (χ4v) is 1.50. The molecule has 0 aliphatic heterocycles. The van der Waals surface area contributed by atoms with Crippen LogP contribution in [0.3, 0.4) is 0 Å². The number of hydrogen-bond donors (Lipinski definition) is 2. The highest BCUT2D eigenvalue weighted by Gasteiger charge is 2.21. The predicted octanol–water partition coefficient (Wildman–Crippen LogP) is 2.36. The van der Waals surface area contributed by atoms with E-state index in [1.807, 2.05) is 0 Å². The van der Waals surface area contributed by atoms with Gasteiger partial charge in [-0.15, -0.1) is 0 Å². The predicted molar refractivity (Wildman–Crippen MR) is 63.8 cm³/mol. The van der Waals surface area contributed by atoms with Gasteiger partial charge in [-0.3, -0.25) is 4.79 Å². The summed E-state index contributed by atoms with van der Waals surface area (Å²) in [4.78, 5) is 11.4. The average Bonchev–Trinajstić information content (AvgIpc) is 2.31. The van der Waals surface area contributed by atoms with Crippen molar-refractivity contribution in [1.29, 1.82) is 0 Å². The van der Waals surface area contributed by atoms with Gasteiger partial charge in [0.15, 0.2) is 17.4 Å². The van der Waals surface area contributed by atoms with Crippen LogP contribution in [0.2, 0.25) is 0 Å². The fraction of sp³-hybridized carbons (Fsp3) is 0.300. The van der Waals surface area contributed by atoms with Gasteiger partial charge in [-0.05, 0) is 12.5 Å². The lowest BCUT2D eigenvalue weighted by Gasteiger charge is -2.07. The second-order valence-electron chi connectivity index (χ2n) is 3.18. The van der Waals surface area contributed by atoms with Gasteiger partial charge in [-0.2, -0.15) is 4.39 Å². The summed E-state index contributed by atoms with van der Waals surface area (Å²) in [5.74, 6) is -7.00. The van der Waals surface area contributed by atoms with E-state index in [4.69, 9.17) is 5.11 Å². The summed E-state index contributed by atoms with van der Waals surface area (Å²) in [7, 11) is 0. The van der Waals surface area contributed by atoms with Crippen LogP contribution in [0.15, 0.2) is 6.07 Å². The van der Waals surface area contributed by atoms with Crippen molar-refractivity contribution < 1.29 is 23.1 Å². The van der Waals surface area contributed by atoms with Crippen LogP contribution in [-0.2, 0) is 0 Å². The molecule has 0 aromatic heterocycles. The number of carbonyl (C=O) groups is 1. The Labute approximate surface area is 109 Å². The van der Waals surface area contributed by atoms with E-state index in [1.165, 1.54) is 0 Å². The van der Waals surface area contributed by atoms with Gasteiger partial charge in [0.2, 0.25) is 5.82 Å². The van der Waals surface area contributed by atoms with E-state index in [1.54, 1.807) is 0 Å². The van der Waals surface area contributed by atoms with Crippen LogP contribution in [0.25, 0.3) is 0 Å². The van der Waals surface area contributed by atoms with E-state index in [2.05, 4.69) is 27.9 Å². The van der Waals surface area contributed by atoms with Crippen molar-refractivity contribution in [2.24, 2.45) is 0 Å². The second kappa shape index (κ2) is 6.08. The van der Waals surface area contributed by atoms with Crippen LogP contribution in [0, 0.1) is 17.5 Å². The molecule has 0 aliphatic carbocycles. The molecule has 0 unspecified atom stereocenters. The number of carbonyl (C=O) groups excluding carboxylic acids is 1. The largest absolute Gasteiger partial charge is 0.503 e. The van der Waals surface area contributed by atoms with Gasteiger partial charge in [0.1, 0.15) is 0 Å². The topological polar surface area (TPSA) is 49.3 Å². The van der Waals surface area contributed by atoms with E-state index >= 15 is 0 Å². The van der Waals surface area contributed by atoms with Crippen molar-refractivity contribution in [1.82, 2.24) is 5.32 Å². The minimum Gasteiger partial charge on any atom is -0.503 e. The molecule has 1 rings (SSSR count). The van der Waals surface area contributed by atoms with Gasteiger partial charge in [-0.25, -0.2) is 8.78 Å². The standard InChI is InChI=1S/C10H9F3INO2/c11-6-4-5(7(12)9(16)8(6)13)10(17)15-3-1-2-14/h4,16H,1-3H2,(H,15,17). The zero-order valence-corrected chi connectivity index (χ0v) is 10.7. The summed E-state index contributed by atoms with van der Waals surface area (Å²) in [5.41, 5.74) is -0.713. The SMILES string of the molecule is O=C(NCCCI)c1cc(F)c(F)c(O)c1F. The number of benzene rings is 1. The highest BCUT2D eigenvalue weighted by Crippen LogP contribution is 2.25. The van der Waals surface area contributed by atoms with Crippen LogP contribution in [-0.4, -0.2) is 22.0 Å². The molecule has 0 spiro atoms. The monoisotopic (exact) mass is 359 g/mol. The van der Waals surface area contributed by atoms with Gasteiger partial charge in [0, 0.05) is 11.0 Å². The van der Waals surface area contributed by atoms with Gasteiger partial charge in [0.05, 0.1) is 5.56 Å². The number of aromatic hydroxyl groups is 1. The lowest BCUT2D eigenvalue weighted by Crippen LogP contribution is -2.26. The molecule has 0 atom stereocenters. The molecular weight excluding hydrogens is 350 g/mol. The maximum atomic E-state index is 13.3. The number of phenols is 1. The van der Waals surface area contributed by atoms with Gasteiger partial charge in [-0.1, -0.05) is 22.6 Å². The van der Waals surface area contributed by atoms with Crippen LogP contribution in [0.4, 0.5) is 13.2 Å². The Hall–Kier alpha value is -0.990. The zero-order chi connectivity index (χ0) is 13.0. The Morgan fingerprint density at radius 3 is 2.59 bits per heavy atom. The first-order chi connectivity index (χ1) is 7.99. The van der Waals surface area contributed by atoms with Crippen molar-refractivity contribution in [3.05, 3.63) is 29.1 Å². The Morgan fingerprint density at radius 2 is 2.00 bits per heavy atom. The summed E-state index contributed by atoms with van der Waals surface area (Å²) in [6.07, 6.45) is 0.670. The third kappa shape index (κ3) is 3.24. The number of halogens is 4. The molecule has 0 heterocycles. The average molecular weight is 359 g/mol. The van der Waals surface area contributed by atoms with Crippen molar-refractivity contribution in [2.75, 3.05) is 11.0 Å². The van der Waals surface area contributed by atoms with E-state index < -0.39 is 34.7 Å². The molecule has 0 fully saturated rings. The maximum Gasteiger partial charge on any atom is 0.254 e. The van der Waals surface area contributed by atoms with E-state index in [9.17, 15) is 18.0 Å². The van der Waals surface area contributed by atoms with Gasteiger partial charge in [0.25, 0.3) is 5.91 Å². The number of nitrogens with one attached hydrogen (secondary N) is 1. The summed E-state index contributed by atoms with van der Waals surface area (Å²) in [6.45, 7) is 0.293.